The summed E-state index contributed by atoms with van der Waals surface area (Å²) in [6.45, 7) is 16.2. The van der Waals surface area contributed by atoms with Gasteiger partial charge in [0.1, 0.15) is 0 Å². The molecule has 0 bridgehead atoms. The second-order valence-corrected chi connectivity index (χ2v) is 5.85. The van der Waals surface area contributed by atoms with Crippen molar-refractivity contribution in [2.24, 2.45) is 11.8 Å². The van der Waals surface area contributed by atoms with Gasteiger partial charge in [-0.05, 0) is 52.4 Å². The fourth-order valence-corrected chi connectivity index (χ4v) is 2.91. The Kier molecular flexibility index (Phi) is 13.5. The van der Waals surface area contributed by atoms with Crippen molar-refractivity contribution in [2.45, 2.75) is 79.4 Å². The van der Waals surface area contributed by atoms with Crippen molar-refractivity contribution < 1.29 is 14.2 Å². The zero-order valence-electron chi connectivity index (χ0n) is 15.2. The maximum absolute atomic E-state index is 5.84. The zero-order chi connectivity index (χ0) is 16.1. The Morgan fingerprint density at radius 3 is 1.33 bits per heavy atom. The molecule has 0 spiro atoms. The SMILES string of the molecule is CCOC(C)C(CC)CCOCCC(CC)C(C)OCC. The van der Waals surface area contributed by atoms with Gasteiger partial charge in [0.2, 0.25) is 0 Å². The van der Waals surface area contributed by atoms with Crippen molar-refractivity contribution in [2.75, 3.05) is 26.4 Å². The lowest BCUT2D eigenvalue weighted by atomic mass is 9.96. The van der Waals surface area contributed by atoms with E-state index in [0.29, 0.717) is 24.0 Å². The molecular formula is C18H38O3. The fraction of sp³-hybridized carbons (Fsp3) is 1.00. The molecule has 4 unspecified atom stereocenters. The van der Waals surface area contributed by atoms with Crippen LogP contribution in [-0.2, 0) is 14.2 Å². The molecule has 3 nitrogen and oxygen atoms in total. The molecule has 0 aliphatic carbocycles. The average Bonchev–Trinajstić information content (AvgIpc) is 2.47. The van der Waals surface area contributed by atoms with E-state index in [2.05, 4.69) is 41.5 Å². The van der Waals surface area contributed by atoms with Crippen molar-refractivity contribution in [3.8, 4) is 0 Å². The van der Waals surface area contributed by atoms with Gasteiger partial charge in [0, 0.05) is 26.4 Å². The number of hydrogen-bond donors (Lipinski definition) is 0. The molecule has 0 heterocycles. The summed E-state index contributed by atoms with van der Waals surface area (Å²) in [5.74, 6) is 1.21. The Morgan fingerprint density at radius 1 is 0.667 bits per heavy atom. The van der Waals surface area contributed by atoms with Crippen LogP contribution in [0.4, 0.5) is 0 Å². The van der Waals surface area contributed by atoms with Crippen LogP contribution >= 0.6 is 0 Å². The van der Waals surface area contributed by atoms with E-state index in [9.17, 15) is 0 Å². The van der Waals surface area contributed by atoms with E-state index in [4.69, 9.17) is 14.2 Å². The smallest absolute Gasteiger partial charge is 0.0575 e. The van der Waals surface area contributed by atoms with Gasteiger partial charge in [0.05, 0.1) is 12.2 Å². The lowest BCUT2D eigenvalue weighted by Gasteiger charge is -2.24. The molecule has 0 amide bonds. The zero-order valence-corrected chi connectivity index (χ0v) is 15.2. The minimum absolute atomic E-state index is 0.338. The van der Waals surface area contributed by atoms with Crippen LogP contribution in [0.25, 0.3) is 0 Å². The van der Waals surface area contributed by atoms with Crippen LogP contribution in [0, 0.1) is 11.8 Å². The largest absolute Gasteiger partial charge is 0.381 e. The monoisotopic (exact) mass is 302 g/mol. The molecule has 0 aromatic carbocycles. The van der Waals surface area contributed by atoms with Gasteiger partial charge >= 0.3 is 0 Å². The molecule has 0 aliphatic heterocycles. The summed E-state index contributed by atoms with van der Waals surface area (Å²) in [4.78, 5) is 0. The van der Waals surface area contributed by atoms with E-state index >= 15 is 0 Å². The molecule has 0 aromatic rings. The first-order chi connectivity index (χ1) is 10.1. The second-order valence-electron chi connectivity index (χ2n) is 5.85. The fourth-order valence-electron chi connectivity index (χ4n) is 2.91. The van der Waals surface area contributed by atoms with Crippen LogP contribution < -0.4 is 0 Å². The number of hydrogen-bond acceptors (Lipinski definition) is 3. The highest BCUT2D eigenvalue weighted by atomic mass is 16.5. The van der Waals surface area contributed by atoms with Crippen molar-refractivity contribution in [1.29, 1.82) is 0 Å². The van der Waals surface area contributed by atoms with Crippen LogP contribution in [0.2, 0.25) is 0 Å². The van der Waals surface area contributed by atoms with Crippen LogP contribution in [0.3, 0.4) is 0 Å². The van der Waals surface area contributed by atoms with E-state index in [1.807, 2.05) is 0 Å². The molecule has 0 aliphatic rings. The normalized spacial score (nSPS) is 17.4. The van der Waals surface area contributed by atoms with Gasteiger partial charge in [-0.3, -0.25) is 0 Å². The summed E-state index contributed by atoms with van der Waals surface area (Å²) in [6, 6.07) is 0. The summed E-state index contributed by atoms with van der Waals surface area (Å²) >= 11 is 0. The highest BCUT2D eigenvalue weighted by molar-refractivity contribution is 4.66. The molecule has 0 aromatic heterocycles. The minimum Gasteiger partial charge on any atom is -0.381 e. The third kappa shape index (κ3) is 9.49. The Morgan fingerprint density at radius 2 is 1.05 bits per heavy atom. The molecule has 3 heteroatoms. The summed E-state index contributed by atoms with van der Waals surface area (Å²) in [5, 5.41) is 0. The molecule has 0 N–H and O–H groups in total. The van der Waals surface area contributed by atoms with E-state index in [0.717, 1.165) is 52.1 Å². The molecule has 0 radical (unpaired) electrons. The van der Waals surface area contributed by atoms with E-state index in [1.165, 1.54) is 0 Å². The molecule has 0 fully saturated rings. The summed E-state index contributed by atoms with van der Waals surface area (Å²) in [6.07, 6.45) is 5.17. The maximum atomic E-state index is 5.84. The lowest BCUT2D eigenvalue weighted by Crippen LogP contribution is -2.23. The molecule has 0 rings (SSSR count). The van der Waals surface area contributed by atoms with Crippen LogP contribution in [0.1, 0.15) is 67.2 Å². The summed E-state index contributed by atoms with van der Waals surface area (Å²) in [5.41, 5.74) is 0. The Hall–Kier alpha value is -0.120. The predicted octanol–water partition coefficient (Wildman–Crippen LogP) is 4.69. The molecular weight excluding hydrogens is 264 g/mol. The standard InChI is InChI=1S/C18H38O3/c1-7-17(15(5)20-9-3)11-13-19-14-12-18(8-2)16(6)21-10-4/h15-18H,7-14H2,1-6H3. The van der Waals surface area contributed by atoms with Gasteiger partial charge in [-0.2, -0.15) is 0 Å². The highest BCUT2D eigenvalue weighted by Gasteiger charge is 2.17. The first-order valence-electron chi connectivity index (χ1n) is 8.91. The quantitative estimate of drug-likeness (QED) is 0.436. The second kappa shape index (κ2) is 13.5. The Labute approximate surface area is 132 Å². The third-order valence-electron chi connectivity index (χ3n) is 4.50. The topological polar surface area (TPSA) is 27.7 Å². The van der Waals surface area contributed by atoms with Gasteiger partial charge in [0.15, 0.2) is 0 Å². The summed E-state index contributed by atoms with van der Waals surface area (Å²) < 4.78 is 17.2. The maximum Gasteiger partial charge on any atom is 0.0575 e. The molecule has 0 saturated carbocycles. The van der Waals surface area contributed by atoms with Gasteiger partial charge < -0.3 is 14.2 Å². The third-order valence-corrected chi connectivity index (χ3v) is 4.50. The van der Waals surface area contributed by atoms with Crippen molar-refractivity contribution in [3.05, 3.63) is 0 Å². The van der Waals surface area contributed by atoms with Gasteiger partial charge in [-0.25, -0.2) is 0 Å². The van der Waals surface area contributed by atoms with Crippen LogP contribution in [0.15, 0.2) is 0 Å². The first kappa shape index (κ1) is 20.9. The number of rotatable bonds is 14. The van der Waals surface area contributed by atoms with E-state index < -0.39 is 0 Å². The Bertz CT molecular complexity index is 199. The van der Waals surface area contributed by atoms with Crippen molar-refractivity contribution in [3.63, 3.8) is 0 Å². The van der Waals surface area contributed by atoms with Crippen LogP contribution in [0.5, 0.6) is 0 Å². The van der Waals surface area contributed by atoms with E-state index in [-0.39, 0.29) is 0 Å². The molecule has 0 saturated heterocycles. The van der Waals surface area contributed by atoms with Gasteiger partial charge in [-0.1, -0.05) is 26.7 Å². The Balaban J connectivity index is 3.82. The summed E-state index contributed by atoms with van der Waals surface area (Å²) in [7, 11) is 0. The van der Waals surface area contributed by atoms with Crippen LogP contribution in [-0.4, -0.2) is 38.6 Å². The van der Waals surface area contributed by atoms with E-state index in [1.54, 1.807) is 0 Å². The highest BCUT2D eigenvalue weighted by Crippen LogP contribution is 2.18. The molecule has 128 valence electrons. The van der Waals surface area contributed by atoms with Crippen molar-refractivity contribution >= 4 is 0 Å². The van der Waals surface area contributed by atoms with Gasteiger partial charge in [-0.15, -0.1) is 0 Å². The predicted molar refractivity (Wildman–Crippen MR) is 89.8 cm³/mol. The molecule has 21 heavy (non-hydrogen) atoms. The average molecular weight is 302 g/mol. The minimum atomic E-state index is 0.338. The van der Waals surface area contributed by atoms with Gasteiger partial charge in [0.25, 0.3) is 0 Å². The first-order valence-corrected chi connectivity index (χ1v) is 8.91. The molecule has 4 atom stereocenters. The van der Waals surface area contributed by atoms with Crippen molar-refractivity contribution in [1.82, 2.24) is 0 Å². The lowest BCUT2D eigenvalue weighted by molar-refractivity contribution is 0.00316. The number of ether oxygens (including phenoxy) is 3.